The number of carbonyl (C=O) groups is 4. The van der Waals surface area contributed by atoms with E-state index in [4.69, 9.17) is 5.11 Å². The summed E-state index contributed by atoms with van der Waals surface area (Å²) >= 11 is 0. The molecule has 5 rings (SSSR count). The highest BCUT2D eigenvalue weighted by Crippen LogP contribution is 2.42. The lowest BCUT2D eigenvalue weighted by atomic mass is 9.96. The zero-order valence-corrected chi connectivity index (χ0v) is 26.6. The Kier molecular flexibility index (Phi) is 10.6. The topological polar surface area (TPSA) is 178 Å². The first-order valence-corrected chi connectivity index (χ1v) is 15.5. The van der Waals surface area contributed by atoms with E-state index in [0.29, 0.717) is 12.0 Å². The van der Waals surface area contributed by atoms with Gasteiger partial charge < -0.3 is 26.4 Å². The maximum Gasteiger partial charge on any atom is 0.411 e. The van der Waals surface area contributed by atoms with Crippen LogP contribution in [0.2, 0.25) is 0 Å². The van der Waals surface area contributed by atoms with E-state index in [2.05, 4.69) is 31.3 Å². The van der Waals surface area contributed by atoms with Gasteiger partial charge in [0.2, 0.25) is 18.1 Å². The summed E-state index contributed by atoms with van der Waals surface area (Å²) in [6.45, 7) is 3.68. The predicted molar refractivity (Wildman–Crippen MR) is 174 cm³/mol. The predicted octanol–water partition coefficient (Wildman–Crippen LogP) is 4.04. The van der Waals surface area contributed by atoms with E-state index >= 15 is 0 Å². The van der Waals surface area contributed by atoms with Crippen LogP contribution in [0.25, 0.3) is 22.5 Å². The minimum absolute atomic E-state index is 0.105. The van der Waals surface area contributed by atoms with Gasteiger partial charge >= 0.3 is 17.8 Å². The molecule has 0 saturated carbocycles. The molecule has 2 heterocycles. The molecular formula is C34H33F4N7O5. The standard InChI is InChI=1S/C34H33F4N7O5/c1-19-16-23(29(47)41-25-12-14-39-15-13-25)8-11-26(19)21-4-2-20(3-5-21)17-27(40-18-46)30(48)42-24-9-6-22(7-10-24)28-43-31(45-44-28)33(35,36)34(37,38)32(49)50/h2-11,16,18,25,27,39H,12-15,17H2,1H3,(H,40,46)(H,41,47)(H,42,48)(H,49,50)(H,43,44,45)/t27-/m0/s1. The largest absolute Gasteiger partial charge is 0.477 e. The molecule has 1 atom stereocenters. The quantitative estimate of drug-likeness (QED) is 0.0897. The Balaban J connectivity index is 1.20. The van der Waals surface area contributed by atoms with E-state index < -0.39 is 41.4 Å². The number of alkyl halides is 4. The van der Waals surface area contributed by atoms with Crippen LogP contribution < -0.4 is 21.3 Å². The van der Waals surface area contributed by atoms with Gasteiger partial charge in [0.25, 0.3) is 5.91 Å². The minimum Gasteiger partial charge on any atom is -0.477 e. The molecule has 50 heavy (non-hydrogen) atoms. The average molecular weight is 696 g/mol. The van der Waals surface area contributed by atoms with Crippen molar-refractivity contribution in [3.05, 3.63) is 89.2 Å². The lowest BCUT2D eigenvalue weighted by Crippen LogP contribution is -2.45. The van der Waals surface area contributed by atoms with Crippen LogP contribution in [0.5, 0.6) is 0 Å². The fourth-order valence-electron chi connectivity index (χ4n) is 5.48. The van der Waals surface area contributed by atoms with Crippen molar-refractivity contribution >= 4 is 29.9 Å². The van der Waals surface area contributed by atoms with Crippen LogP contribution in [-0.2, 0) is 26.7 Å². The molecule has 1 saturated heterocycles. The molecule has 12 nitrogen and oxygen atoms in total. The van der Waals surface area contributed by atoms with E-state index in [0.717, 1.165) is 48.2 Å². The number of halogens is 4. The lowest BCUT2D eigenvalue weighted by Gasteiger charge is -2.23. The summed E-state index contributed by atoms with van der Waals surface area (Å²) < 4.78 is 55.2. The van der Waals surface area contributed by atoms with Crippen LogP contribution in [0.4, 0.5) is 23.2 Å². The average Bonchev–Trinajstić information content (AvgIpc) is 3.60. The van der Waals surface area contributed by atoms with Gasteiger partial charge in [-0.3, -0.25) is 19.5 Å². The van der Waals surface area contributed by atoms with Crippen molar-refractivity contribution < 1.29 is 41.8 Å². The molecule has 0 spiro atoms. The fraction of sp³-hybridized carbons (Fsp3) is 0.294. The summed E-state index contributed by atoms with van der Waals surface area (Å²) in [5.74, 6) is -16.3. The van der Waals surface area contributed by atoms with Crippen LogP contribution in [0.1, 0.15) is 40.2 Å². The number of aromatic nitrogens is 3. The fourth-order valence-corrected chi connectivity index (χ4v) is 5.48. The highest BCUT2D eigenvalue weighted by molar-refractivity contribution is 5.96. The molecule has 3 aromatic carbocycles. The minimum atomic E-state index is -5.43. The molecule has 0 aliphatic carbocycles. The second-order valence-corrected chi connectivity index (χ2v) is 11.8. The Morgan fingerprint density at radius 2 is 1.64 bits per heavy atom. The van der Waals surface area contributed by atoms with Gasteiger partial charge in [0.05, 0.1) is 0 Å². The van der Waals surface area contributed by atoms with Gasteiger partial charge in [0, 0.05) is 29.3 Å². The van der Waals surface area contributed by atoms with Gasteiger partial charge in [-0.25, -0.2) is 9.78 Å². The Bertz CT molecular complexity index is 1860. The molecule has 6 N–H and O–H groups in total. The van der Waals surface area contributed by atoms with Crippen molar-refractivity contribution in [1.82, 2.24) is 31.1 Å². The van der Waals surface area contributed by atoms with E-state index in [1.807, 2.05) is 43.3 Å². The number of nitrogens with one attached hydrogen (secondary N) is 5. The van der Waals surface area contributed by atoms with Crippen LogP contribution in [-0.4, -0.2) is 75.6 Å². The summed E-state index contributed by atoms with van der Waals surface area (Å²) in [5, 5.41) is 25.1. The maximum absolute atomic E-state index is 14.1. The third kappa shape index (κ3) is 7.80. The van der Waals surface area contributed by atoms with Crippen molar-refractivity contribution in [1.29, 1.82) is 0 Å². The van der Waals surface area contributed by atoms with Crippen LogP contribution in [0.15, 0.2) is 66.7 Å². The number of carbonyl (C=O) groups excluding carboxylic acids is 3. The maximum atomic E-state index is 14.1. The van der Waals surface area contributed by atoms with Gasteiger partial charge in [-0.15, -0.1) is 0 Å². The van der Waals surface area contributed by atoms with Crippen LogP contribution >= 0.6 is 0 Å². The highest BCUT2D eigenvalue weighted by Gasteiger charge is 2.65. The molecule has 4 aromatic rings. The number of amides is 3. The Morgan fingerprint density at radius 1 is 0.980 bits per heavy atom. The van der Waals surface area contributed by atoms with Crippen LogP contribution in [0, 0.1) is 6.92 Å². The zero-order chi connectivity index (χ0) is 36.1. The van der Waals surface area contributed by atoms with Gasteiger partial charge in [0.1, 0.15) is 6.04 Å². The number of aliphatic carboxylic acids is 1. The molecule has 0 unspecified atom stereocenters. The molecule has 1 fully saturated rings. The molecule has 262 valence electrons. The highest BCUT2D eigenvalue weighted by atomic mass is 19.3. The molecular weight excluding hydrogens is 662 g/mol. The number of carboxylic acids is 1. The van der Waals surface area contributed by atoms with Gasteiger partial charge in [0.15, 0.2) is 5.82 Å². The second-order valence-electron chi connectivity index (χ2n) is 11.8. The zero-order valence-electron chi connectivity index (χ0n) is 26.6. The third-order valence-corrected chi connectivity index (χ3v) is 8.31. The van der Waals surface area contributed by atoms with Crippen molar-refractivity contribution in [3.63, 3.8) is 0 Å². The summed E-state index contributed by atoms with van der Waals surface area (Å²) in [5.41, 5.74) is 4.46. The molecule has 0 bridgehead atoms. The molecule has 16 heteroatoms. The van der Waals surface area contributed by atoms with E-state index in [9.17, 15) is 36.7 Å². The summed E-state index contributed by atoms with van der Waals surface area (Å²) in [4.78, 5) is 51.1. The lowest BCUT2D eigenvalue weighted by molar-refractivity contribution is -0.231. The third-order valence-electron chi connectivity index (χ3n) is 8.31. The number of hydrogen-bond donors (Lipinski definition) is 6. The summed E-state index contributed by atoms with van der Waals surface area (Å²) in [6.07, 6.45) is 2.33. The second kappa shape index (κ2) is 14.9. The number of aryl methyl sites for hydroxylation is 1. The van der Waals surface area contributed by atoms with E-state index in [1.54, 1.807) is 11.2 Å². The monoisotopic (exact) mass is 695 g/mol. The smallest absolute Gasteiger partial charge is 0.411 e. The normalized spacial score (nSPS) is 14.4. The Morgan fingerprint density at radius 3 is 2.26 bits per heavy atom. The first-order chi connectivity index (χ1) is 23.8. The van der Waals surface area contributed by atoms with E-state index in [-0.39, 0.29) is 29.6 Å². The summed E-state index contributed by atoms with van der Waals surface area (Å²) in [6, 6.07) is 17.6. The number of aromatic amines is 1. The van der Waals surface area contributed by atoms with Gasteiger partial charge in [-0.2, -0.15) is 22.7 Å². The number of carboxylic acid groups (broad SMARTS) is 1. The SMILES string of the molecule is Cc1cc(C(=O)NC2CCNCC2)ccc1-c1ccc(C[C@H](NC=O)C(=O)Nc2ccc(-c3n[nH]c(C(F)(F)C(F)(F)C(=O)O)n3)cc2)cc1. The first-order valence-electron chi connectivity index (χ1n) is 15.5. The number of anilines is 1. The van der Waals surface area contributed by atoms with Crippen molar-refractivity contribution in [2.45, 2.75) is 50.1 Å². The molecule has 0 radical (unpaired) electrons. The van der Waals surface area contributed by atoms with Gasteiger partial charge in [-0.05, 0) is 91.5 Å². The van der Waals surface area contributed by atoms with Crippen molar-refractivity contribution in [3.8, 4) is 22.5 Å². The Labute approximate surface area is 283 Å². The molecule has 1 aromatic heterocycles. The molecule has 3 amide bonds. The van der Waals surface area contributed by atoms with Gasteiger partial charge in [-0.1, -0.05) is 30.3 Å². The summed E-state index contributed by atoms with van der Waals surface area (Å²) in [7, 11) is 0. The molecule has 1 aliphatic heterocycles. The van der Waals surface area contributed by atoms with Crippen LogP contribution in [0.3, 0.4) is 0 Å². The van der Waals surface area contributed by atoms with E-state index in [1.165, 1.54) is 24.3 Å². The number of piperidine rings is 1. The van der Waals surface area contributed by atoms with Crippen molar-refractivity contribution in [2.24, 2.45) is 0 Å². The Hall–Kier alpha value is -5.64. The first kappa shape index (κ1) is 35.7. The number of benzene rings is 3. The van der Waals surface area contributed by atoms with Crippen molar-refractivity contribution in [2.75, 3.05) is 18.4 Å². The number of nitrogens with zero attached hydrogens (tertiary/aromatic N) is 2. The number of hydrogen-bond acceptors (Lipinski definition) is 7. The number of H-pyrrole nitrogens is 1. The number of rotatable bonds is 13. The molecule has 1 aliphatic rings.